The van der Waals surface area contributed by atoms with Crippen LogP contribution < -0.4 is 5.32 Å². The van der Waals surface area contributed by atoms with E-state index in [1.807, 2.05) is 7.05 Å². The monoisotopic (exact) mass is 269 g/mol. The third-order valence-corrected chi connectivity index (χ3v) is 5.13. The van der Waals surface area contributed by atoms with Crippen molar-refractivity contribution < 1.29 is 9.84 Å². The number of aliphatic hydroxyl groups is 1. The minimum absolute atomic E-state index is 0.0968. The van der Waals surface area contributed by atoms with E-state index < -0.39 is 0 Å². The Hall–Kier alpha value is -0.120. The fourth-order valence-electron chi connectivity index (χ4n) is 4.28. The molecule has 0 saturated heterocycles. The predicted octanol–water partition coefficient (Wildman–Crippen LogP) is 2.72. The second-order valence-electron chi connectivity index (χ2n) is 7.72. The van der Waals surface area contributed by atoms with Crippen LogP contribution in [0, 0.1) is 11.3 Å². The Balaban J connectivity index is 1.88. The van der Waals surface area contributed by atoms with E-state index in [0.29, 0.717) is 17.6 Å². The lowest BCUT2D eigenvalue weighted by atomic mass is 9.71. The zero-order valence-corrected chi connectivity index (χ0v) is 13.0. The Labute approximate surface area is 118 Å². The van der Waals surface area contributed by atoms with Crippen molar-refractivity contribution in [2.24, 2.45) is 11.3 Å². The molecular weight excluding hydrogens is 238 g/mol. The van der Waals surface area contributed by atoms with Crippen molar-refractivity contribution in [3.8, 4) is 0 Å². The smallest absolute Gasteiger partial charge is 0.0614 e. The molecule has 2 aliphatic carbocycles. The molecule has 0 amide bonds. The quantitative estimate of drug-likeness (QED) is 0.824. The summed E-state index contributed by atoms with van der Waals surface area (Å²) in [4.78, 5) is 0. The lowest BCUT2D eigenvalue weighted by molar-refractivity contribution is -0.0654. The Kier molecular flexibility index (Phi) is 4.59. The molecule has 2 rings (SSSR count). The number of nitrogens with one attached hydrogen (secondary N) is 1. The lowest BCUT2D eigenvalue weighted by Gasteiger charge is -2.40. The van der Waals surface area contributed by atoms with Gasteiger partial charge in [0.15, 0.2) is 0 Å². The number of likely N-dealkylation sites (N-methyl/N-ethyl adjacent to an activating group) is 1. The molecule has 2 aliphatic rings. The Morgan fingerprint density at radius 3 is 2.47 bits per heavy atom. The molecule has 0 heterocycles. The standard InChI is InChI=1S/C16H31NO2/c1-12-7-14(9-15(2,3)8-12)19-13-5-6-16(10-13,11-18)17-4/h12-14,17-18H,5-11H2,1-4H3. The first-order valence-electron chi connectivity index (χ1n) is 7.83. The maximum absolute atomic E-state index is 9.55. The van der Waals surface area contributed by atoms with Crippen molar-refractivity contribution in [1.82, 2.24) is 5.32 Å². The molecule has 19 heavy (non-hydrogen) atoms. The third kappa shape index (κ3) is 3.71. The maximum atomic E-state index is 9.55. The molecule has 4 atom stereocenters. The zero-order valence-electron chi connectivity index (χ0n) is 13.0. The summed E-state index contributed by atoms with van der Waals surface area (Å²) >= 11 is 0. The summed E-state index contributed by atoms with van der Waals surface area (Å²) in [6.07, 6.45) is 7.48. The van der Waals surface area contributed by atoms with Gasteiger partial charge in [-0.25, -0.2) is 0 Å². The predicted molar refractivity (Wildman–Crippen MR) is 78.2 cm³/mol. The topological polar surface area (TPSA) is 41.5 Å². The third-order valence-electron chi connectivity index (χ3n) is 5.13. The van der Waals surface area contributed by atoms with E-state index in [2.05, 4.69) is 26.1 Å². The summed E-state index contributed by atoms with van der Waals surface area (Å²) in [6.45, 7) is 7.28. The van der Waals surface area contributed by atoms with Crippen LogP contribution in [0.3, 0.4) is 0 Å². The van der Waals surface area contributed by atoms with Gasteiger partial charge in [0.2, 0.25) is 0 Å². The molecular formula is C16H31NO2. The highest BCUT2D eigenvalue weighted by atomic mass is 16.5. The summed E-state index contributed by atoms with van der Waals surface area (Å²) in [5.41, 5.74) is 0.318. The second-order valence-corrected chi connectivity index (χ2v) is 7.72. The van der Waals surface area contributed by atoms with Gasteiger partial charge in [-0.2, -0.15) is 0 Å². The highest BCUT2D eigenvalue weighted by Gasteiger charge is 2.40. The molecule has 4 unspecified atom stereocenters. The van der Waals surface area contributed by atoms with E-state index in [1.54, 1.807) is 0 Å². The summed E-state index contributed by atoms with van der Waals surface area (Å²) in [6, 6.07) is 0. The molecule has 0 aliphatic heterocycles. The first kappa shape index (κ1) is 15.3. The van der Waals surface area contributed by atoms with Gasteiger partial charge in [0.25, 0.3) is 0 Å². The zero-order chi connectivity index (χ0) is 14.1. The summed E-state index contributed by atoms with van der Waals surface area (Å²) in [5.74, 6) is 0.766. The molecule has 0 aromatic heterocycles. The average molecular weight is 269 g/mol. The summed E-state index contributed by atoms with van der Waals surface area (Å²) in [5, 5.41) is 12.8. The second kappa shape index (κ2) is 5.71. The largest absolute Gasteiger partial charge is 0.394 e. The fraction of sp³-hybridized carbons (Fsp3) is 1.00. The van der Waals surface area contributed by atoms with Crippen LogP contribution in [0.4, 0.5) is 0 Å². The van der Waals surface area contributed by atoms with Crippen molar-refractivity contribution in [2.75, 3.05) is 13.7 Å². The van der Waals surface area contributed by atoms with Crippen LogP contribution in [-0.2, 0) is 4.74 Å². The first-order valence-corrected chi connectivity index (χ1v) is 7.83. The van der Waals surface area contributed by atoms with E-state index in [9.17, 15) is 5.11 Å². The van der Waals surface area contributed by atoms with Crippen molar-refractivity contribution in [2.45, 2.75) is 77.0 Å². The van der Waals surface area contributed by atoms with Gasteiger partial charge in [-0.3, -0.25) is 0 Å². The first-order chi connectivity index (χ1) is 8.88. The highest BCUT2D eigenvalue weighted by Crippen LogP contribution is 2.41. The van der Waals surface area contributed by atoms with E-state index in [1.165, 1.54) is 19.3 Å². The molecule has 3 heteroatoms. The molecule has 0 bridgehead atoms. The molecule has 0 aromatic rings. The number of aliphatic hydroxyl groups excluding tert-OH is 1. The number of hydrogen-bond donors (Lipinski definition) is 2. The van der Waals surface area contributed by atoms with Gasteiger partial charge in [-0.05, 0) is 56.9 Å². The normalized spacial score (nSPS) is 42.5. The Morgan fingerprint density at radius 1 is 1.21 bits per heavy atom. The molecule has 0 radical (unpaired) electrons. The van der Waals surface area contributed by atoms with E-state index in [0.717, 1.165) is 25.2 Å². The maximum Gasteiger partial charge on any atom is 0.0614 e. The van der Waals surface area contributed by atoms with Crippen LogP contribution in [0.1, 0.15) is 59.3 Å². The minimum atomic E-state index is -0.0968. The number of ether oxygens (including phenoxy) is 1. The summed E-state index contributed by atoms with van der Waals surface area (Å²) < 4.78 is 6.37. The van der Waals surface area contributed by atoms with Gasteiger partial charge in [-0.15, -0.1) is 0 Å². The SMILES string of the molecule is CNC1(CO)CCC(OC2CC(C)CC(C)(C)C2)C1. The molecule has 2 fully saturated rings. The molecule has 2 N–H and O–H groups in total. The van der Waals surface area contributed by atoms with Gasteiger partial charge in [-0.1, -0.05) is 20.8 Å². The van der Waals surface area contributed by atoms with Crippen LogP contribution >= 0.6 is 0 Å². The molecule has 3 nitrogen and oxygen atoms in total. The molecule has 112 valence electrons. The Morgan fingerprint density at radius 2 is 1.95 bits per heavy atom. The molecule has 0 spiro atoms. The lowest BCUT2D eigenvalue weighted by Crippen LogP contribution is -2.44. The van der Waals surface area contributed by atoms with Gasteiger partial charge in [0.05, 0.1) is 18.8 Å². The van der Waals surface area contributed by atoms with Crippen molar-refractivity contribution in [3.63, 3.8) is 0 Å². The van der Waals surface area contributed by atoms with Crippen LogP contribution in [0.5, 0.6) is 0 Å². The van der Waals surface area contributed by atoms with Crippen LogP contribution in [0.25, 0.3) is 0 Å². The highest BCUT2D eigenvalue weighted by molar-refractivity contribution is 4.96. The van der Waals surface area contributed by atoms with Crippen LogP contribution in [0.15, 0.2) is 0 Å². The summed E-state index contributed by atoms with van der Waals surface area (Å²) in [7, 11) is 1.95. The van der Waals surface area contributed by atoms with E-state index >= 15 is 0 Å². The van der Waals surface area contributed by atoms with Gasteiger partial charge in [0.1, 0.15) is 0 Å². The number of hydrogen-bond acceptors (Lipinski definition) is 3. The minimum Gasteiger partial charge on any atom is -0.394 e. The van der Waals surface area contributed by atoms with Gasteiger partial charge in [0, 0.05) is 5.54 Å². The molecule has 2 saturated carbocycles. The fourth-order valence-corrected chi connectivity index (χ4v) is 4.28. The van der Waals surface area contributed by atoms with Gasteiger partial charge >= 0.3 is 0 Å². The number of rotatable bonds is 4. The van der Waals surface area contributed by atoms with Crippen molar-refractivity contribution in [3.05, 3.63) is 0 Å². The van der Waals surface area contributed by atoms with Gasteiger partial charge < -0.3 is 15.2 Å². The van der Waals surface area contributed by atoms with Crippen LogP contribution in [-0.4, -0.2) is 36.5 Å². The van der Waals surface area contributed by atoms with Crippen LogP contribution in [0.2, 0.25) is 0 Å². The van der Waals surface area contributed by atoms with Crippen molar-refractivity contribution in [1.29, 1.82) is 0 Å². The van der Waals surface area contributed by atoms with E-state index in [4.69, 9.17) is 4.74 Å². The average Bonchev–Trinajstić information content (AvgIpc) is 2.70. The van der Waals surface area contributed by atoms with E-state index in [-0.39, 0.29) is 12.1 Å². The van der Waals surface area contributed by atoms with Crippen molar-refractivity contribution >= 4 is 0 Å². The molecule has 0 aromatic carbocycles. The Bertz CT molecular complexity index is 299.